The summed E-state index contributed by atoms with van der Waals surface area (Å²) in [4.78, 5) is 18.0. The van der Waals surface area contributed by atoms with Gasteiger partial charge in [0.2, 0.25) is 0 Å². The van der Waals surface area contributed by atoms with E-state index < -0.39 is 0 Å². The highest BCUT2D eigenvalue weighted by atomic mass is 32.2. The fourth-order valence-electron chi connectivity index (χ4n) is 3.37. The number of anilines is 1. The Kier molecular flexibility index (Phi) is 5.40. The first kappa shape index (κ1) is 17.6. The van der Waals surface area contributed by atoms with Crippen LogP contribution in [0.1, 0.15) is 16.8 Å². The van der Waals surface area contributed by atoms with Gasteiger partial charge in [0.1, 0.15) is 0 Å². The lowest BCUT2D eigenvalue weighted by atomic mass is 9.97. The van der Waals surface area contributed by atoms with Gasteiger partial charge in [-0.25, -0.2) is 0 Å². The number of para-hydroxylation sites is 1. The molecule has 0 aromatic heterocycles. The predicted octanol–water partition coefficient (Wildman–Crippen LogP) is 5.82. The summed E-state index contributed by atoms with van der Waals surface area (Å²) in [6.45, 7) is 0.739. The Morgan fingerprint density at radius 2 is 1.41 bits per heavy atom. The van der Waals surface area contributed by atoms with Crippen LogP contribution in [-0.4, -0.2) is 18.4 Å². The number of Topliss-reactive ketones (excluding diaryl/α,β-unsaturated/α-hetero) is 1. The van der Waals surface area contributed by atoms with Gasteiger partial charge >= 0.3 is 0 Å². The van der Waals surface area contributed by atoms with Gasteiger partial charge in [0, 0.05) is 29.1 Å². The minimum Gasteiger partial charge on any atom is -0.357 e. The number of ketones is 1. The van der Waals surface area contributed by atoms with Crippen molar-refractivity contribution in [3.8, 4) is 0 Å². The first-order chi connectivity index (χ1) is 13.3. The molecule has 1 heterocycles. The Balaban J connectivity index is 1.63. The van der Waals surface area contributed by atoms with E-state index in [1.807, 2.05) is 54.6 Å². The first-order valence-electron chi connectivity index (χ1n) is 9.14. The number of hydrogen-bond acceptors (Lipinski definition) is 3. The highest BCUT2D eigenvalue weighted by Crippen LogP contribution is 2.35. The van der Waals surface area contributed by atoms with E-state index in [0.29, 0.717) is 0 Å². The average molecular weight is 372 g/mol. The van der Waals surface area contributed by atoms with Crippen LogP contribution < -0.4 is 4.90 Å². The van der Waals surface area contributed by atoms with E-state index >= 15 is 0 Å². The lowest BCUT2D eigenvalue weighted by molar-refractivity contribution is 0.0957. The van der Waals surface area contributed by atoms with Crippen molar-refractivity contribution in [2.45, 2.75) is 17.4 Å². The van der Waals surface area contributed by atoms with E-state index in [1.54, 1.807) is 11.8 Å². The lowest BCUT2D eigenvalue weighted by Gasteiger charge is -2.36. The predicted molar refractivity (Wildman–Crippen MR) is 113 cm³/mol. The van der Waals surface area contributed by atoms with Crippen LogP contribution in [0.4, 0.5) is 5.69 Å². The maximum atomic E-state index is 13.3. The standard InChI is InChI=1S/C24H21NOS/c26-24(19-10-4-1-5-11-19)23-18-22(27-21-14-8-3-9-15-21)16-17-25(23)20-12-6-2-7-13-20/h1-16,23H,17-18H2. The molecule has 0 fully saturated rings. The molecule has 3 aromatic carbocycles. The summed E-state index contributed by atoms with van der Waals surface area (Å²) in [5.41, 5.74) is 1.86. The molecule has 1 unspecified atom stereocenters. The summed E-state index contributed by atoms with van der Waals surface area (Å²) in [5.74, 6) is 0.179. The van der Waals surface area contributed by atoms with Crippen LogP contribution in [0.3, 0.4) is 0 Å². The molecule has 3 heteroatoms. The van der Waals surface area contributed by atoms with Crippen molar-refractivity contribution in [3.63, 3.8) is 0 Å². The zero-order valence-electron chi connectivity index (χ0n) is 15.0. The van der Waals surface area contributed by atoms with Crippen molar-refractivity contribution in [2.24, 2.45) is 0 Å². The number of hydrogen-bond donors (Lipinski definition) is 0. The molecule has 0 saturated heterocycles. The van der Waals surface area contributed by atoms with Crippen LogP contribution in [0.5, 0.6) is 0 Å². The van der Waals surface area contributed by atoms with Crippen molar-refractivity contribution in [3.05, 3.63) is 108 Å². The molecule has 0 amide bonds. The number of nitrogens with zero attached hydrogens (tertiary/aromatic N) is 1. The molecule has 3 aromatic rings. The zero-order valence-corrected chi connectivity index (χ0v) is 15.8. The fourth-order valence-corrected chi connectivity index (χ4v) is 4.36. The second-order valence-corrected chi connectivity index (χ2v) is 7.72. The second-order valence-electron chi connectivity index (χ2n) is 6.52. The summed E-state index contributed by atoms with van der Waals surface area (Å²) in [6.07, 6.45) is 2.97. The molecule has 0 N–H and O–H groups in total. The van der Waals surface area contributed by atoms with E-state index in [-0.39, 0.29) is 11.8 Å². The molecular formula is C24H21NOS. The van der Waals surface area contributed by atoms with Crippen LogP contribution >= 0.6 is 11.8 Å². The van der Waals surface area contributed by atoms with Gasteiger partial charge in [-0.3, -0.25) is 4.79 Å². The van der Waals surface area contributed by atoms with Crippen LogP contribution in [0, 0.1) is 0 Å². The smallest absolute Gasteiger partial charge is 0.185 e. The zero-order chi connectivity index (χ0) is 18.5. The van der Waals surface area contributed by atoms with Gasteiger partial charge in [0.15, 0.2) is 5.78 Å². The summed E-state index contributed by atoms with van der Waals surface area (Å²) < 4.78 is 0. The van der Waals surface area contributed by atoms with Gasteiger partial charge in [0.25, 0.3) is 0 Å². The quantitative estimate of drug-likeness (QED) is 0.527. The van der Waals surface area contributed by atoms with Crippen LogP contribution in [0.15, 0.2) is 107 Å². The van der Waals surface area contributed by atoms with Gasteiger partial charge in [-0.15, -0.1) is 0 Å². The summed E-state index contributed by atoms with van der Waals surface area (Å²) in [6, 6.07) is 30.0. The number of carbonyl (C=O) groups is 1. The van der Waals surface area contributed by atoms with Gasteiger partial charge in [-0.1, -0.05) is 84.6 Å². The topological polar surface area (TPSA) is 20.3 Å². The summed E-state index contributed by atoms with van der Waals surface area (Å²) >= 11 is 1.76. The number of benzene rings is 3. The highest BCUT2D eigenvalue weighted by Gasteiger charge is 2.30. The Hall–Kier alpha value is -2.78. The lowest BCUT2D eigenvalue weighted by Crippen LogP contribution is -2.44. The molecule has 0 saturated carbocycles. The molecule has 0 spiro atoms. The third-order valence-electron chi connectivity index (χ3n) is 4.73. The third-order valence-corrected chi connectivity index (χ3v) is 5.83. The normalized spacial score (nSPS) is 16.7. The monoisotopic (exact) mass is 371 g/mol. The van der Waals surface area contributed by atoms with Crippen molar-refractivity contribution in [1.82, 2.24) is 0 Å². The van der Waals surface area contributed by atoms with E-state index in [1.165, 1.54) is 9.80 Å². The number of rotatable bonds is 5. The number of carbonyl (C=O) groups excluding carboxylic acids is 1. The Bertz CT molecular complexity index is 922. The van der Waals surface area contributed by atoms with Crippen molar-refractivity contribution in [2.75, 3.05) is 11.4 Å². The SMILES string of the molecule is O=C(c1ccccc1)C1CC(Sc2ccccc2)=CCN1c1ccccc1. The minimum absolute atomic E-state index is 0.179. The molecule has 0 aliphatic carbocycles. The van der Waals surface area contributed by atoms with E-state index in [2.05, 4.69) is 47.4 Å². The fraction of sp³-hybridized carbons (Fsp3) is 0.125. The van der Waals surface area contributed by atoms with E-state index in [9.17, 15) is 4.79 Å². The van der Waals surface area contributed by atoms with Crippen LogP contribution in [0.25, 0.3) is 0 Å². The van der Waals surface area contributed by atoms with Gasteiger partial charge < -0.3 is 4.90 Å². The molecule has 0 radical (unpaired) electrons. The van der Waals surface area contributed by atoms with Gasteiger partial charge in [-0.05, 0) is 29.2 Å². The first-order valence-corrected chi connectivity index (χ1v) is 9.96. The van der Waals surface area contributed by atoms with Crippen molar-refractivity contribution in [1.29, 1.82) is 0 Å². The highest BCUT2D eigenvalue weighted by molar-refractivity contribution is 8.03. The molecule has 0 bridgehead atoms. The van der Waals surface area contributed by atoms with Gasteiger partial charge in [-0.2, -0.15) is 0 Å². The Morgan fingerprint density at radius 1 is 0.815 bits per heavy atom. The molecule has 1 aliphatic heterocycles. The van der Waals surface area contributed by atoms with Crippen molar-refractivity contribution >= 4 is 23.2 Å². The summed E-state index contributed by atoms with van der Waals surface area (Å²) in [7, 11) is 0. The maximum Gasteiger partial charge on any atom is 0.185 e. The largest absolute Gasteiger partial charge is 0.357 e. The number of thioether (sulfide) groups is 1. The molecule has 134 valence electrons. The van der Waals surface area contributed by atoms with E-state index in [4.69, 9.17) is 0 Å². The molecule has 1 aliphatic rings. The molecule has 2 nitrogen and oxygen atoms in total. The van der Waals surface area contributed by atoms with Gasteiger partial charge in [0.05, 0.1) is 6.04 Å². The Labute approximate surface area is 164 Å². The van der Waals surface area contributed by atoms with E-state index in [0.717, 1.165) is 24.2 Å². The average Bonchev–Trinajstić information content (AvgIpc) is 2.75. The maximum absolute atomic E-state index is 13.3. The minimum atomic E-state index is -0.189. The summed E-state index contributed by atoms with van der Waals surface area (Å²) in [5, 5.41) is 0. The molecule has 1 atom stereocenters. The Morgan fingerprint density at radius 3 is 2.07 bits per heavy atom. The molecule has 4 rings (SSSR count). The molecular weight excluding hydrogens is 350 g/mol. The van der Waals surface area contributed by atoms with Crippen LogP contribution in [0.2, 0.25) is 0 Å². The van der Waals surface area contributed by atoms with Crippen LogP contribution in [-0.2, 0) is 0 Å². The third kappa shape index (κ3) is 4.15. The van der Waals surface area contributed by atoms with Crippen molar-refractivity contribution < 1.29 is 4.79 Å². The molecule has 27 heavy (non-hydrogen) atoms. The second kappa shape index (κ2) is 8.28.